The summed E-state index contributed by atoms with van der Waals surface area (Å²) in [6, 6.07) is 13.3. The minimum atomic E-state index is -0.807. The third-order valence-electron chi connectivity index (χ3n) is 3.30. The molecule has 1 unspecified atom stereocenters. The number of carbonyl (C=O) groups excluding carboxylic acids is 1. The Balaban J connectivity index is 1.91. The molecule has 0 spiro atoms. The molecule has 0 saturated heterocycles. The average molecular weight is 280 g/mol. The van der Waals surface area contributed by atoms with Crippen LogP contribution in [0.4, 0.5) is 0 Å². The van der Waals surface area contributed by atoms with Gasteiger partial charge >= 0.3 is 7.41 Å². The van der Waals surface area contributed by atoms with Gasteiger partial charge in [-0.3, -0.25) is 10.2 Å². The molecule has 2 N–H and O–H groups in total. The molecule has 1 amide bonds. The van der Waals surface area contributed by atoms with Crippen LogP contribution in [0, 0.1) is 11.2 Å². The molecule has 106 valence electrons. The number of amides is 1. The molecular formula is C15H17BN4O. The van der Waals surface area contributed by atoms with Crippen molar-refractivity contribution in [2.24, 2.45) is 0 Å². The first kappa shape index (κ1) is 14.8. The summed E-state index contributed by atoms with van der Waals surface area (Å²) in [4.78, 5) is 12.0. The van der Waals surface area contributed by atoms with Gasteiger partial charge in [0.25, 0.3) is 5.91 Å². The highest BCUT2D eigenvalue weighted by molar-refractivity contribution is 6.35. The van der Waals surface area contributed by atoms with Gasteiger partial charge in [0.2, 0.25) is 0 Å². The van der Waals surface area contributed by atoms with E-state index in [1.807, 2.05) is 41.7 Å². The van der Waals surface area contributed by atoms with Crippen molar-refractivity contribution in [3.05, 3.63) is 66.0 Å². The zero-order chi connectivity index (χ0) is 15.1. The van der Waals surface area contributed by atoms with Crippen molar-refractivity contribution in [1.29, 1.82) is 5.26 Å². The van der Waals surface area contributed by atoms with Crippen LogP contribution in [0.5, 0.6) is 0 Å². The smallest absolute Gasteiger partial charge is 0.349 e. The van der Waals surface area contributed by atoms with Crippen LogP contribution < -0.4 is 15.3 Å². The van der Waals surface area contributed by atoms with E-state index < -0.39 is 7.41 Å². The van der Waals surface area contributed by atoms with E-state index in [9.17, 15) is 4.79 Å². The van der Waals surface area contributed by atoms with Crippen molar-refractivity contribution in [2.75, 3.05) is 0 Å². The van der Waals surface area contributed by atoms with Gasteiger partial charge in [-0.1, -0.05) is 36.3 Å². The molecule has 2 rings (SSSR count). The monoisotopic (exact) mass is 280 g/mol. The highest BCUT2D eigenvalue weighted by atomic mass is 16.2. The molecule has 1 atom stereocenters. The Morgan fingerprint density at radius 2 is 1.90 bits per heavy atom. The van der Waals surface area contributed by atoms with Crippen molar-refractivity contribution >= 4 is 13.3 Å². The lowest BCUT2D eigenvalue weighted by Gasteiger charge is -2.15. The van der Waals surface area contributed by atoms with Gasteiger partial charge in [-0.05, 0) is 12.5 Å². The number of hydrogen-bond donors (Lipinski definition) is 2. The summed E-state index contributed by atoms with van der Waals surface area (Å²) in [6.45, 7) is 1.98. The number of benzene rings is 1. The van der Waals surface area contributed by atoms with E-state index in [2.05, 4.69) is 16.8 Å². The van der Waals surface area contributed by atoms with Gasteiger partial charge in [-0.15, -0.1) is 0 Å². The van der Waals surface area contributed by atoms with Crippen molar-refractivity contribution < 1.29 is 9.27 Å². The largest absolute Gasteiger partial charge is 0.420 e. The number of nitrogens with one attached hydrogen (secondary N) is 2. The summed E-state index contributed by atoms with van der Waals surface area (Å²) in [5.74, 6) is 1.97. The molecule has 2 aromatic rings. The molecule has 1 heterocycles. The van der Waals surface area contributed by atoms with Crippen LogP contribution in [0.15, 0.2) is 54.9 Å². The molecule has 0 bridgehead atoms. The Hall–Kier alpha value is -2.65. The second-order valence-corrected chi connectivity index (χ2v) is 4.93. The molecule has 0 aliphatic heterocycles. The minimum Gasteiger partial charge on any atom is -0.420 e. The number of pyridine rings is 1. The van der Waals surface area contributed by atoms with E-state index in [4.69, 9.17) is 5.26 Å². The number of hydrazine groups is 1. The number of hydrogen-bond acceptors (Lipinski definition) is 3. The van der Waals surface area contributed by atoms with Crippen LogP contribution >= 0.6 is 0 Å². The fourth-order valence-electron chi connectivity index (χ4n) is 1.99. The lowest BCUT2D eigenvalue weighted by Crippen LogP contribution is -2.41. The van der Waals surface area contributed by atoms with Crippen molar-refractivity contribution in [1.82, 2.24) is 10.9 Å². The minimum absolute atomic E-state index is 0.0223. The first-order valence-electron chi connectivity index (χ1n) is 6.95. The maximum atomic E-state index is 12.0. The van der Waals surface area contributed by atoms with Crippen molar-refractivity contribution in [3.8, 4) is 5.97 Å². The standard InChI is InChI=1S/C15H17BN4O/c1-12(13-5-3-2-4-6-13)18-19-15(21)14-7-9-20(10-8-14)16-11-17/h2-10,12,18H,16H2,1H3,(H,19,21). The predicted molar refractivity (Wildman–Crippen MR) is 81.7 cm³/mol. The van der Waals surface area contributed by atoms with Gasteiger partial charge in [-0.2, -0.15) is 0 Å². The van der Waals surface area contributed by atoms with E-state index >= 15 is 0 Å². The molecule has 1 aromatic carbocycles. The number of nitriles is 1. The van der Waals surface area contributed by atoms with E-state index in [0.29, 0.717) is 5.56 Å². The molecule has 0 radical (unpaired) electrons. The van der Waals surface area contributed by atoms with E-state index in [-0.39, 0.29) is 11.9 Å². The highest BCUT2D eigenvalue weighted by Crippen LogP contribution is 2.09. The van der Waals surface area contributed by atoms with Gasteiger partial charge in [0, 0.05) is 18.2 Å². The van der Waals surface area contributed by atoms with Crippen LogP contribution in [-0.2, 0) is 0 Å². The summed E-state index contributed by atoms with van der Waals surface area (Å²) in [7, 11) is -0.807. The molecular weight excluding hydrogens is 263 g/mol. The van der Waals surface area contributed by atoms with E-state index in [0.717, 1.165) is 5.56 Å². The Labute approximate surface area is 124 Å². The normalized spacial score (nSPS) is 11.4. The second kappa shape index (κ2) is 7.22. The number of carbonyl (C=O) groups is 1. The molecule has 21 heavy (non-hydrogen) atoms. The first-order chi connectivity index (χ1) is 10.2. The third kappa shape index (κ3) is 4.16. The van der Waals surface area contributed by atoms with Gasteiger partial charge in [0.05, 0.1) is 5.56 Å². The Bertz CT molecular complexity index is 637. The fraction of sp³-hybridized carbons (Fsp3) is 0.133. The van der Waals surface area contributed by atoms with Crippen molar-refractivity contribution in [3.63, 3.8) is 0 Å². The maximum Gasteiger partial charge on any atom is 0.349 e. The lowest BCUT2D eigenvalue weighted by molar-refractivity contribution is -0.527. The molecule has 6 heteroatoms. The maximum absolute atomic E-state index is 12.0. The topological polar surface area (TPSA) is 68.8 Å². The fourth-order valence-corrected chi connectivity index (χ4v) is 1.99. The summed E-state index contributed by atoms with van der Waals surface area (Å²) in [5, 5.41) is 8.65. The summed E-state index contributed by atoms with van der Waals surface area (Å²) in [6.07, 6.45) is 3.53. The summed E-state index contributed by atoms with van der Waals surface area (Å²) >= 11 is 0. The van der Waals surface area contributed by atoms with Crippen LogP contribution in [0.1, 0.15) is 28.9 Å². The van der Waals surface area contributed by atoms with Gasteiger partial charge in [0.1, 0.15) is 12.4 Å². The van der Waals surface area contributed by atoms with Gasteiger partial charge in [-0.25, -0.2) is 10.7 Å². The SMILES string of the molecule is CC(NNC(=O)c1cc[n+]([BH2-]C#N)cc1)c1ccccc1. The van der Waals surface area contributed by atoms with Crippen LogP contribution in [0.25, 0.3) is 0 Å². The van der Waals surface area contributed by atoms with Crippen molar-refractivity contribution in [2.45, 2.75) is 13.0 Å². The number of rotatable bonds is 5. The summed E-state index contributed by atoms with van der Waals surface area (Å²) < 4.78 is 1.83. The van der Waals surface area contributed by atoms with Crippen LogP contribution in [-0.4, -0.2) is 13.3 Å². The van der Waals surface area contributed by atoms with Crippen LogP contribution in [0.3, 0.4) is 0 Å². The molecule has 0 saturated carbocycles. The predicted octanol–water partition coefficient (Wildman–Crippen LogP) is 0.383. The zero-order valence-corrected chi connectivity index (χ0v) is 12.1. The first-order valence-corrected chi connectivity index (χ1v) is 6.95. The molecule has 5 nitrogen and oxygen atoms in total. The Morgan fingerprint density at radius 3 is 2.52 bits per heavy atom. The zero-order valence-electron chi connectivity index (χ0n) is 12.1. The molecule has 0 aliphatic carbocycles. The molecule has 0 fully saturated rings. The third-order valence-corrected chi connectivity index (χ3v) is 3.30. The number of aromatic nitrogens is 1. The quantitative estimate of drug-likeness (QED) is 0.614. The Morgan fingerprint density at radius 1 is 1.24 bits per heavy atom. The highest BCUT2D eigenvalue weighted by Gasteiger charge is 2.09. The lowest BCUT2D eigenvalue weighted by atomic mass is 9.98. The Kier molecular flexibility index (Phi) is 5.07. The molecule has 1 aromatic heterocycles. The summed E-state index contributed by atoms with van der Waals surface area (Å²) in [5.41, 5.74) is 7.34. The number of nitrogens with zero attached hydrogens (tertiary/aromatic N) is 2. The van der Waals surface area contributed by atoms with Crippen LogP contribution in [0.2, 0.25) is 0 Å². The van der Waals surface area contributed by atoms with E-state index in [1.165, 1.54) is 0 Å². The second-order valence-electron chi connectivity index (χ2n) is 4.93. The molecule has 0 aliphatic rings. The van der Waals surface area contributed by atoms with Gasteiger partial charge < -0.3 is 4.48 Å². The van der Waals surface area contributed by atoms with E-state index in [1.54, 1.807) is 24.5 Å². The average Bonchev–Trinajstić information content (AvgIpc) is 2.54. The van der Waals surface area contributed by atoms with Gasteiger partial charge in [0.15, 0.2) is 0 Å².